The zero-order valence-corrected chi connectivity index (χ0v) is 32.8. The van der Waals surface area contributed by atoms with Gasteiger partial charge >= 0.3 is 11.9 Å². The number of carbonyl (C=O) groups is 2. The maximum absolute atomic E-state index is 14.3. The molecule has 5 rings (SSSR count). The molecule has 0 aliphatic carbocycles. The van der Waals surface area contributed by atoms with E-state index in [2.05, 4.69) is 5.32 Å². The van der Waals surface area contributed by atoms with E-state index >= 15 is 0 Å². The van der Waals surface area contributed by atoms with Gasteiger partial charge in [0.25, 0.3) is 10.1 Å². The number of hydrogen-bond acceptors (Lipinski definition) is 8. The summed E-state index contributed by atoms with van der Waals surface area (Å²) in [5, 5.41) is 5.43. The van der Waals surface area contributed by atoms with Crippen molar-refractivity contribution in [2.75, 3.05) is 6.61 Å². The lowest BCUT2D eigenvalue weighted by molar-refractivity contribution is -0.163. The SMILES string of the molecule is CC(C)(C)OC(=O)C(CCCOS(=O)(=O)c1ccc2ccccc2c1)CC(NC(c1ccccc1)(c1ccccc1)c1ccccc1)C(=O)OC(C)(C)C. The fraction of sp³-hybridized carbons (Fsp3) is 0.333. The number of benzene rings is 5. The van der Waals surface area contributed by atoms with Gasteiger partial charge in [0.05, 0.1) is 23.0 Å². The van der Waals surface area contributed by atoms with Gasteiger partial charge in [-0.05, 0) is 100 Å². The summed E-state index contributed by atoms with van der Waals surface area (Å²) in [6.45, 7) is 10.6. The van der Waals surface area contributed by atoms with Gasteiger partial charge < -0.3 is 9.47 Å². The van der Waals surface area contributed by atoms with E-state index in [-0.39, 0.29) is 30.8 Å². The van der Waals surface area contributed by atoms with E-state index in [0.717, 1.165) is 27.5 Å². The number of fused-ring (bicyclic) bond motifs is 1. The molecule has 0 amide bonds. The molecule has 9 heteroatoms. The average molecular weight is 750 g/mol. The van der Waals surface area contributed by atoms with E-state index in [1.165, 1.54) is 6.07 Å². The van der Waals surface area contributed by atoms with Gasteiger partial charge in [0.2, 0.25) is 0 Å². The normalized spacial score (nSPS) is 13.6. The van der Waals surface area contributed by atoms with Crippen LogP contribution in [0.25, 0.3) is 10.8 Å². The lowest BCUT2D eigenvalue weighted by Gasteiger charge is -2.40. The topological polar surface area (TPSA) is 108 Å². The zero-order chi connectivity index (χ0) is 39.0. The standard InChI is InChI=1S/C45H51NO7S/c1-43(2,3)52-41(47)35(21-18-30-51-54(49,50)39-29-28-33-19-16-17-20-34(33)31-39)32-40(42(48)53-44(4,5)6)46-45(36-22-10-7-11-23-36,37-24-12-8-13-25-37)38-26-14-9-15-27-38/h7-17,19-20,22-29,31,35,40,46H,18,21,30,32H2,1-6H3. The average Bonchev–Trinajstić information content (AvgIpc) is 3.13. The maximum atomic E-state index is 14.3. The van der Waals surface area contributed by atoms with Gasteiger partial charge in [0.1, 0.15) is 17.2 Å². The monoisotopic (exact) mass is 749 g/mol. The van der Waals surface area contributed by atoms with Gasteiger partial charge in [-0.25, -0.2) is 0 Å². The first-order valence-corrected chi connectivity index (χ1v) is 19.8. The predicted octanol–water partition coefficient (Wildman–Crippen LogP) is 8.97. The largest absolute Gasteiger partial charge is 0.460 e. The number of nitrogens with one attached hydrogen (secondary N) is 1. The Kier molecular flexibility index (Phi) is 12.8. The van der Waals surface area contributed by atoms with Crippen molar-refractivity contribution in [2.24, 2.45) is 5.92 Å². The van der Waals surface area contributed by atoms with Gasteiger partial charge in [0, 0.05) is 0 Å². The van der Waals surface area contributed by atoms with Crippen molar-refractivity contribution in [1.29, 1.82) is 0 Å². The molecule has 1 N–H and O–H groups in total. The van der Waals surface area contributed by atoms with E-state index in [0.29, 0.717) is 0 Å². The highest BCUT2D eigenvalue weighted by atomic mass is 32.2. The third-order valence-electron chi connectivity index (χ3n) is 8.91. The van der Waals surface area contributed by atoms with Crippen molar-refractivity contribution < 1.29 is 31.7 Å². The number of carbonyl (C=O) groups excluding carboxylic acids is 2. The third-order valence-corrected chi connectivity index (χ3v) is 10.2. The Labute approximate surface area is 320 Å². The Balaban J connectivity index is 1.49. The fourth-order valence-corrected chi connectivity index (χ4v) is 7.53. The second kappa shape index (κ2) is 17.1. The molecule has 0 saturated heterocycles. The first-order valence-electron chi connectivity index (χ1n) is 18.4. The predicted molar refractivity (Wildman–Crippen MR) is 212 cm³/mol. The fourth-order valence-electron chi connectivity index (χ4n) is 6.55. The highest BCUT2D eigenvalue weighted by Gasteiger charge is 2.42. The van der Waals surface area contributed by atoms with Gasteiger partial charge in [-0.2, -0.15) is 8.42 Å². The van der Waals surface area contributed by atoms with Crippen molar-refractivity contribution in [1.82, 2.24) is 5.32 Å². The number of hydrogen-bond donors (Lipinski definition) is 1. The highest BCUT2D eigenvalue weighted by Crippen LogP contribution is 2.38. The van der Waals surface area contributed by atoms with Crippen molar-refractivity contribution in [3.8, 4) is 0 Å². The molecule has 284 valence electrons. The molecule has 2 atom stereocenters. The molecule has 8 nitrogen and oxygen atoms in total. The van der Waals surface area contributed by atoms with Crippen LogP contribution < -0.4 is 5.32 Å². The van der Waals surface area contributed by atoms with Gasteiger partial charge in [-0.15, -0.1) is 0 Å². The summed E-state index contributed by atoms with van der Waals surface area (Å²) in [7, 11) is -4.07. The van der Waals surface area contributed by atoms with Crippen LogP contribution in [-0.2, 0) is 38.9 Å². The summed E-state index contributed by atoms with van der Waals surface area (Å²) < 4.78 is 43.8. The van der Waals surface area contributed by atoms with Gasteiger partial charge in [-0.3, -0.25) is 19.1 Å². The second-order valence-corrected chi connectivity index (χ2v) is 17.1. The Morgan fingerprint density at radius 1 is 0.611 bits per heavy atom. The number of esters is 2. The molecule has 0 saturated carbocycles. The highest BCUT2D eigenvalue weighted by molar-refractivity contribution is 7.86. The Morgan fingerprint density at radius 2 is 1.07 bits per heavy atom. The van der Waals surface area contributed by atoms with E-state index in [9.17, 15) is 18.0 Å². The van der Waals surface area contributed by atoms with Crippen LogP contribution >= 0.6 is 0 Å². The summed E-state index contributed by atoms with van der Waals surface area (Å²) in [4.78, 5) is 28.4. The van der Waals surface area contributed by atoms with Crippen LogP contribution in [0, 0.1) is 5.92 Å². The van der Waals surface area contributed by atoms with E-state index in [4.69, 9.17) is 13.7 Å². The molecule has 0 heterocycles. The second-order valence-electron chi connectivity index (χ2n) is 15.5. The van der Waals surface area contributed by atoms with E-state index < -0.39 is 50.8 Å². The first-order chi connectivity index (χ1) is 25.6. The minimum absolute atomic E-state index is 0.00943. The molecule has 2 unspecified atom stereocenters. The van der Waals surface area contributed by atoms with Crippen molar-refractivity contribution in [3.05, 3.63) is 150 Å². The maximum Gasteiger partial charge on any atom is 0.323 e. The molecule has 54 heavy (non-hydrogen) atoms. The summed E-state index contributed by atoms with van der Waals surface area (Å²) in [5.74, 6) is -1.85. The van der Waals surface area contributed by atoms with Crippen LogP contribution in [0.1, 0.15) is 77.5 Å². The van der Waals surface area contributed by atoms with Crippen LogP contribution in [0.4, 0.5) is 0 Å². The van der Waals surface area contributed by atoms with E-state index in [1.807, 2.05) is 115 Å². The quantitative estimate of drug-likeness (QED) is 0.0489. The van der Waals surface area contributed by atoms with Crippen LogP contribution in [0.15, 0.2) is 138 Å². The Hall–Kier alpha value is -4.83. The van der Waals surface area contributed by atoms with Crippen molar-refractivity contribution in [2.45, 2.75) is 88.5 Å². The number of rotatable bonds is 15. The van der Waals surface area contributed by atoms with Crippen LogP contribution in [0.5, 0.6) is 0 Å². The molecule has 0 bridgehead atoms. The Bertz CT molecular complexity index is 2010. The molecular weight excluding hydrogens is 699 g/mol. The van der Waals surface area contributed by atoms with Gasteiger partial charge in [0.15, 0.2) is 0 Å². The third kappa shape index (κ3) is 10.4. The minimum Gasteiger partial charge on any atom is -0.460 e. The molecule has 0 spiro atoms. The molecule has 5 aromatic carbocycles. The minimum atomic E-state index is -4.07. The van der Waals surface area contributed by atoms with Crippen LogP contribution in [0.3, 0.4) is 0 Å². The summed E-state index contributed by atoms with van der Waals surface area (Å²) in [6.07, 6.45) is 0.409. The lowest BCUT2D eigenvalue weighted by Crippen LogP contribution is -2.54. The smallest absolute Gasteiger partial charge is 0.323 e. The summed E-state index contributed by atoms with van der Waals surface area (Å²) in [6, 6.07) is 41.0. The van der Waals surface area contributed by atoms with E-state index in [1.54, 1.807) is 53.7 Å². The summed E-state index contributed by atoms with van der Waals surface area (Å²) in [5.41, 5.74) is -0.00699. The van der Waals surface area contributed by atoms with Crippen molar-refractivity contribution in [3.63, 3.8) is 0 Å². The zero-order valence-electron chi connectivity index (χ0n) is 32.0. The van der Waals surface area contributed by atoms with Crippen molar-refractivity contribution >= 4 is 32.8 Å². The molecule has 0 aromatic heterocycles. The molecule has 0 fully saturated rings. The molecule has 0 aliphatic rings. The number of ether oxygens (including phenoxy) is 2. The molecule has 0 radical (unpaired) electrons. The molecule has 0 aliphatic heterocycles. The lowest BCUT2D eigenvalue weighted by atomic mass is 9.76. The van der Waals surface area contributed by atoms with Crippen LogP contribution in [0.2, 0.25) is 0 Å². The Morgan fingerprint density at radius 3 is 1.57 bits per heavy atom. The van der Waals surface area contributed by atoms with Crippen LogP contribution in [-0.4, -0.2) is 44.2 Å². The molecular formula is C45H51NO7S. The molecule has 5 aromatic rings. The van der Waals surface area contributed by atoms with Gasteiger partial charge in [-0.1, -0.05) is 121 Å². The summed E-state index contributed by atoms with van der Waals surface area (Å²) >= 11 is 0. The first kappa shape index (κ1) is 40.4.